The van der Waals surface area contributed by atoms with Crippen LogP contribution in [-0.2, 0) is 21.9 Å². The molecule has 3 aromatic rings. The Hall–Kier alpha value is -3.38. The molecule has 0 atom stereocenters. The van der Waals surface area contributed by atoms with Crippen LogP contribution in [0.3, 0.4) is 0 Å². The van der Waals surface area contributed by atoms with Gasteiger partial charge in [-0.1, -0.05) is 54.6 Å². The summed E-state index contributed by atoms with van der Waals surface area (Å²) in [5.74, 6) is 0.192. The first-order valence-electron chi connectivity index (χ1n) is 9.73. The summed E-state index contributed by atoms with van der Waals surface area (Å²) in [5, 5.41) is 0. The normalized spacial score (nSPS) is 13.8. The molecule has 1 aliphatic rings. The minimum atomic E-state index is -0.362. The van der Waals surface area contributed by atoms with Crippen LogP contribution < -0.4 is 4.74 Å². The third kappa shape index (κ3) is 4.54. The van der Waals surface area contributed by atoms with Gasteiger partial charge in [0.1, 0.15) is 11.6 Å². The van der Waals surface area contributed by atoms with E-state index in [2.05, 4.69) is 0 Å². The Kier molecular flexibility index (Phi) is 6.18. The van der Waals surface area contributed by atoms with Crippen molar-refractivity contribution >= 4 is 29.1 Å². The van der Waals surface area contributed by atoms with E-state index in [0.29, 0.717) is 33.1 Å². The van der Waals surface area contributed by atoms with E-state index in [9.17, 15) is 14.0 Å². The van der Waals surface area contributed by atoms with E-state index in [1.54, 1.807) is 43.5 Å². The van der Waals surface area contributed by atoms with Crippen LogP contribution in [0.4, 0.5) is 4.39 Å². The Morgan fingerprint density at radius 2 is 1.52 bits per heavy atom. The fourth-order valence-corrected chi connectivity index (χ4v) is 4.43. The molecule has 0 aromatic heterocycles. The standard InChI is InChI=1S/C25H20FNO3S/c1-30-21-13-9-19(10-14-21)22-23(31-16-18-5-3-2-4-6-18)25(29)27(24(22)28)15-17-7-11-20(26)12-8-17/h2-14H,15-16H2,1H3. The maximum Gasteiger partial charge on any atom is 0.268 e. The summed E-state index contributed by atoms with van der Waals surface area (Å²) in [6.45, 7) is 0.0903. The van der Waals surface area contributed by atoms with Crippen LogP contribution in [0.2, 0.25) is 0 Å². The first-order valence-corrected chi connectivity index (χ1v) is 10.7. The second-order valence-electron chi connectivity index (χ2n) is 7.03. The number of benzene rings is 3. The molecule has 4 rings (SSSR count). The van der Waals surface area contributed by atoms with Crippen LogP contribution in [-0.4, -0.2) is 23.8 Å². The van der Waals surface area contributed by atoms with Crippen molar-refractivity contribution in [2.24, 2.45) is 0 Å². The van der Waals surface area contributed by atoms with Crippen molar-refractivity contribution in [1.82, 2.24) is 4.90 Å². The van der Waals surface area contributed by atoms with Gasteiger partial charge in [-0.05, 0) is 41.0 Å². The quantitative estimate of drug-likeness (QED) is 0.490. The molecule has 0 spiro atoms. The molecule has 31 heavy (non-hydrogen) atoms. The van der Waals surface area contributed by atoms with Crippen LogP contribution in [0.1, 0.15) is 16.7 Å². The maximum absolute atomic E-state index is 13.3. The largest absolute Gasteiger partial charge is 0.497 e. The highest BCUT2D eigenvalue weighted by atomic mass is 32.2. The molecule has 6 heteroatoms. The van der Waals surface area contributed by atoms with Crippen molar-refractivity contribution in [3.05, 3.63) is 106 Å². The number of nitrogens with zero attached hydrogens (tertiary/aromatic N) is 1. The SMILES string of the molecule is COc1ccc(C2=C(SCc3ccccc3)C(=O)N(Cc3ccc(F)cc3)C2=O)cc1. The number of rotatable bonds is 7. The molecule has 0 aliphatic carbocycles. The molecule has 3 aromatic carbocycles. The zero-order valence-corrected chi connectivity index (χ0v) is 17.7. The zero-order chi connectivity index (χ0) is 21.8. The fourth-order valence-electron chi connectivity index (χ4n) is 3.35. The lowest BCUT2D eigenvalue weighted by Crippen LogP contribution is -2.30. The van der Waals surface area contributed by atoms with E-state index in [1.807, 2.05) is 30.3 Å². The number of hydrogen-bond donors (Lipinski definition) is 0. The molecule has 1 aliphatic heterocycles. The summed E-state index contributed by atoms with van der Waals surface area (Å²) in [6.07, 6.45) is 0. The van der Waals surface area contributed by atoms with Crippen LogP contribution >= 0.6 is 11.8 Å². The molecule has 0 saturated heterocycles. The van der Waals surface area contributed by atoms with E-state index in [0.717, 1.165) is 5.56 Å². The van der Waals surface area contributed by atoms with Gasteiger partial charge < -0.3 is 4.74 Å². The number of hydrogen-bond acceptors (Lipinski definition) is 4. The molecular formula is C25H20FNO3S. The minimum Gasteiger partial charge on any atom is -0.497 e. The second-order valence-corrected chi connectivity index (χ2v) is 8.02. The van der Waals surface area contributed by atoms with Gasteiger partial charge in [0, 0.05) is 5.75 Å². The number of imide groups is 1. The number of thioether (sulfide) groups is 1. The first-order chi connectivity index (χ1) is 15.1. The van der Waals surface area contributed by atoms with Crippen LogP contribution in [0.15, 0.2) is 83.8 Å². The highest BCUT2D eigenvalue weighted by Gasteiger charge is 2.39. The average molecular weight is 434 g/mol. The minimum absolute atomic E-state index is 0.0903. The third-order valence-corrected chi connectivity index (χ3v) is 6.13. The molecule has 0 unspecified atom stereocenters. The number of carbonyl (C=O) groups excluding carboxylic acids is 2. The number of halogens is 1. The Morgan fingerprint density at radius 3 is 2.16 bits per heavy atom. The first kappa shape index (κ1) is 20.9. The number of methoxy groups -OCH3 is 1. The summed E-state index contributed by atoms with van der Waals surface area (Å²) in [5.41, 5.74) is 2.80. The van der Waals surface area contributed by atoms with Crippen LogP contribution in [0.25, 0.3) is 5.57 Å². The van der Waals surface area contributed by atoms with Crippen LogP contribution in [0, 0.1) is 5.82 Å². The molecule has 0 radical (unpaired) electrons. The van der Waals surface area contributed by atoms with Gasteiger partial charge in [-0.2, -0.15) is 0 Å². The molecule has 0 bridgehead atoms. The van der Waals surface area contributed by atoms with Gasteiger partial charge in [-0.25, -0.2) is 4.39 Å². The smallest absolute Gasteiger partial charge is 0.268 e. The summed E-state index contributed by atoms with van der Waals surface area (Å²) < 4.78 is 18.5. The van der Waals surface area contributed by atoms with Crippen molar-refractivity contribution in [3.8, 4) is 5.75 Å². The Bertz CT molecular complexity index is 1130. The summed E-state index contributed by atoms with van der Waals surface area (Å²) in [4.78, 5) is 28.2. The van der Waals surface area contributed by atoms with Gasteiger partial charge in [-0.15, -0.1) is 11.8 Å². The lowest BCUT2D eigenvalue weighted by atomic mass is 10.1. The monoisotopic (exact) mass is 433 g/mol. The molecule has 2 amide bonds. The third-order valence-electron chi connectivity index (χ3n) is 4.98. The van der Waals surface area contributed by atoms with Gasteiger partial charge in [0.05, 0.1) is 24.1 Å². The summed E-state index contributed by atoms with van der Waals surface area (Å²) in [7, 11) is 1.57. The van der Waals surface area contributed by atoms with E-state index < -0.39 is 0 Å². The maximum atomic E-state index is 13.3. The Labute approximate surface area is 184 Å². The molecule has 1 heterocycles. The van der Waals surface area contributed by atoms with E-state index in [1.165, 1.54) is 28.8 Å². The van der Waals surface area contributed by atoms with Crippen molar-refractivity contribution < 1.29 is 18.7 Å². The summed E-state index contributed by atoms with van der Waals surface area (Å²) in [6, 6.07) is 22.7. The van der Waals surface area contributed by atoms with E-state index in [4.69, 9.17) is 4.74 Å². The Balaban J connectivity index is 1.66. The molecule has 0 N–H and O–H groups in total. The van der Waals surface area contributed by atoms with Gasteiger partial charge in [0.2, 0.25) is 0 Å². The van der Waals surface area contributed by atoms with Gasteiger partial charge in [0.25, 0.3) is 11.8 Å². The predicted molar refractivity (Wildman–Crippen MR) is 120 cm³/mol. The Morgan fingerprint density at radius 1 is 0.839 bits per heavy atom. The lowest BCUT2D eigenvalue weighted by Gasteiger charge is -2.15. The highest BCUT2D eigenvalue weighted by molar-refractivity contribution is 8.03. The van der Waals surface area contributed by atoms with Gasteiger partial charge >= 0.3 is 0 Å². The zero-order valence-electron chi connectivity index (χ0n) is 16.9. The number of amides is 2. The lowest BCUT2D eigenvalue weighted by molar-refractivity contribution is -0.137. The highest BCUT2D eigenvalue weighted by Crippen LogP contribution is 2.38. The molecule has 4 nitrogen and oxygen atoms in total. The predicted octanol–water partition coefficient (Wildman–Crippen LogP) is 5.05. The van der Waals surface area contributed by atoms with E-state index in [-0.39, 0.29) is 24.2 Å². The van der Waals surface area contributed by atoms with E-state index >= 15 is 0 Å². The van der Waals surface area contributed by atoms with Gasteiger partial charge in [-0.3, -0.25) is 14.5 Å². The van der Waals surface area contributed by atoms with Crippen molar-refractivity contribution in [3.63, 3.8) is 0 Å². The molecular weight excluding hydrogens is 413 g/mol. The number of ether oxygens (including phenoxy) is 1. The molecule has 0 fully saturated rings. The topological polar surface area (TPSA) is 46.6 Å². The second kappa shape index (κ2) is 9.18. The summed E-state index contributed by atoms with van der Waals surface area (Å²) >= 11 is 1.35. The van der Waals surface area contributed by atoms with Crippen LogP contribution in [0.5, 0.6) is 5.75 Å². The molecule has 0 saturated carbocycles. The van der Waals surface area contributed by atoms with Gasteiger partial charge in [0.15, 0.2) is 0 Å². The molecule has 156 valence electrons. The fraction of sp³-hybridized carbons (Fsp3) is 0.120. The van der Waals surface area contributed by atoms with Crippen molar-refractivity contribution in [2.45, 2.75) is 12.3 Å². The number of carbonyl (C=O) groups is 2. The van der Waals surface area contributed by atoms with Crippen molar-refractivity contribution in [2.75, 3.05) is 7.11 Å². The van der Waals surface area contributed by atoms with Crippen molar-refractivity contribution in [1.29, 1.82) is 0 Å². The average Bonchev–Trinajstić information content (AvgIpc) is 3.04.